The minimum absolute atomic E-state index is 0.000289. The van der Waals surface area contributed by atoms with Crippen LogP contribution in [0.3, 0.4) is 0 Å². The summed E-state index contributed by atoms with van der Waals surface area (Å²) in [6.07, 6.45) is 0. The number of ether oxygens (including phenoxy) is 3. The van der Waals surface area contributed by atoms with Crippen LogP contribution in [0.2, 0.25) is 0 Å². The molecular weight excluding hydrogens is 975 g/mol. The summed E-state index contributed by atoms with van der Waals surface area (Å²) in [5, 5.41) is 51.1. The Labute approximate surface area is 365 Å². The molecule has 0 amide bonds. The molecular formula is C30H33N5O22S6. The van der Waals surface area contributed by atoms with E-state index in [1.54, 1.807) is 0 Å². The zero-order valence-corrected chi connectivity index (χ0v) is 37.2. The predicted octanol–water partition coefficient (Wildman–Crippen LogP) is 5.34. The first-order valence-corrected chi connectivity index (χ1v) is 23.9. The average molecular weight is 1010 g/mol. The van der Waals surface area contributed by atoms with Gasteiger partial charge in [0.2, 0.25) is 0 Å². The van der Waals surface area contributed by atoms with Crippen LogP contribution in [0.5, 0.6) is 23.0 Å². The molecule has 0 atom stereocenters. The van der Waals surface area contributed by atoms with Gasteiger partial charge in [-0.25, -0.2) is 31.5 Å². The zero-order valence-electron chi connectivity index (χ0n) is 32.3. The number of methoxy groups -OCH3 is 3. The normalized spacial score (nSPS) is 12.8. The third-order valence-corrected chi connectivity index (χ3v) is 13.7. The fourth-order valence-electron chi connectivity index (χ4n) is 5.25. The van der Waals surface area contributed by atoms with E-state index in [0.717, 1.165) is 38.5 Å². The number of phenolic OH excluding ortho intramolecular Hbond substituents is 1. The molecule has 0 aromatic heterocycles. The number of fused-ring (bicyclic) bond motifs is 1. The zero-order chi connectivity index (χ0) is 46.9. The maximum Gasteiger partial charge on any atom is 0.397 e. The van der Waals surface area contributed by atoms with Crippen molar-refractivity contribution in [3.8, 4) is 23.0 Å². The van der Waals surface area contributed by atoms with E-state index in [4.69, 9.17) is 39.2 Å². The van der Waals surface area contributed by atoms with Gasteiger partial charge in [-0.3, -0.25) is 13.3 Å². The molecule has 0 aliphatic rings. The number of anilines is 1. The number of aromatic hydroxyl groups is 1. The molecule has 33 heteroatoms. The minimum atomic E-state index is -5.21. The molecule has 0 spiro atoms. The topological polar surface area (TPSA) is 396 Å². The Hall–Kier alpha value is -4.56. The molecule has 0 heterocycles. The van der Waals surface area contributed by atoms with Gasteiger partial charge in [0, 0.05) is 18.2 Å². The summed E-state index contributed by atoms with van der Waals surface area (Å²) in [6, 6.07) is 6.29. The summed E-state index contributed by atoms with van der Waals surface area (Å²) in [4.78, 5) is -1.98. The molecule has 0 aliphatic carbocycles. The second-order valence-electron chi connectivity index (χ2n) is 11.8. The minimum Gasteiger partial charge on any atom is -0.505 e. The summed E-state index contributed by atoms with van der Waals surface area (Å²) in [6.45, 7) is 0.0959. The van der Waals surface area contributed by atoms with Gasteiger partial charge in [-0.2, -0.15) is 16.8 Å². The number of azo groups is 2. The number of phenols is 1. The summed E-state index contributed by atoms with van der Waals surface area (Å²) < 4.78 is 152. The van der Waals surface area contributed by atoms with Crippen molar-refractivity contribution in [1.29, 1.82) is 0 Å². The van der Waals surface area contributed by atoms with Crippen LogP contribution in [-0.2, 0) is 67.3 Å². The number of hydrogen-bond acceptors (Lipinski definition) is 27. The van der Waals surface area contributed by atoms with E-state index in [1.807, 2.05) is 0 Å². The molecule has 4 rings (SSSR count). The molecule has 0 bridgehead atoms. The molecule has 346 valence electrons. The Morgan fingerprint density at radius 1 is 0.667 bits per heavy atom. The smallest absolute Gasteiger partial charge is 0.397 e. The van der Waals surface area contributed by atoms with Gasteiger partial charge in [0.05, 0.1) is 79.7 Å². The van der Waals surface area contributed by atoms with Crippen LogP contribution in [0.1, 0.15) is 5.56 Å². The Morgan fingerprint density at radius 2 is 1.22 bits per heavy atom. The van der Waals surface area contributed by atoms with E-state index in [1.165, 1.54) is 26.2 Å². The number of hydrogen-bond donors (Lipinski definition) is 6. The van der Waals surface area contributed by atoms with E-state index in [2.05, 4.69) is 43.4 Å². The predicted molar refractivity (Wildman–Crippen MR) is 216 cm³/mol. The van der Waals surface area contributed by atoms with E-state index >= 15 is 0 Å². The van der Waals surface area contributed by atoms with Gasteiger partial charge in [-0.05, 0) is 36.1 Å². The molecule has 0 aliphatic heterocycles. The van der Waals surface area contributed by atoms with Crippen LogP contribution in [0.15, 0.2) is 76.4 Å². The highest BCUT2D eigenvalue weighted by Crippen LogP contribution is 2.50. The van der Waals surface area contributed by atoms with E-state index in [0.29, 0.717) is 0 Å². The van der Waals surface area contributed by atoms with Gasteiger partial charge in [0.1, 0.15) is 49.0 Å². The standard InChI is InChI=1S/C30H33N5O22S6/c1-15-9-23(60(39,40)7-5-52-59-57-55-38)20(50-3)12-17(15)32-34-28-22(58-56-54-37)10-16-11-25(62(43,44)45)29(27(31)26(16)30(28)36)35-33-18-13-21(51-4)24(14-19(18)49-2)61(41,42)8-6-53-63(46,47)48/h9-14,36-38H,5-8,31H2,1-4H3,(H,43,44,45)(H,46,47,48). The maximum atomic E-state index is 13.1. The third kappa shape index (κ3) is 12.8. The van der Waals surface area contributed by atoms with Crippen molar-refractivity contribution in [1.82, 2.24) is 0 Å². The van der Waals surface area contributed by atoms with E-state index in [9.17, 15) is 43.3 Å². The number of nitrogens with two attached hydrogens (primary N) is 1. The van der Waals surface area contributed by atoms with Crippen LogP contribution in [0, 0.1) is 6.92 Å². The lowest BCUT2D eigenvalue weighted by Crippen LogP contribution is -2.16. The molecule has 63 heavy (non-hydrogen) atoms. The number of aryl methyl sites for hydroxylation is 1. The third-order valence-electron chi connectivity index (χ3n) is 8.01. The van der Waals surface area contributed by atoms with Crippen molar-refractivity contribution in [2.24, 2.45) is 20.5 Å². The van der Waals surface area contributed by atoms with Gasteiger partial charge >= 0.3 is 10.4 Å². The lowest BCUT2D eigenvalue weighted by Gasteiger charge is -2.15. The number of rotatable bonds is 23. The van der Waals surface area contributed by atoms with Crippen molar-refractivity contribution in [3.05, 3.63) is 42.0 Å². The van der Waals surface area contributed by atoms with E-state index in [-0.39, 0.29) is 79.1 Å². The van der Waals surface area contributed by atoms with Crippen LogP contribution >= 0.6 is 24.4 Å². The van der Waals surface area contributed by atoms with Crippen molar-refractivity contribution >= 4 is 104 Å². The van der Waals surface area contributed by atoms with Gasteiger partial charge in [-0.1, -0.05) is 10.1 Å². The van der Waals surface area contributed by atoms with Crippen molar-refractivity contribution < 1.29 is 99.7 Å². The Morgan fingerprint density at radius 3 is 1.79 bits per heavy atom. The van der Waals surface area contributed by atoms with Crippen LogP contribution in [0.25, 0.3) is 10.8 Å². The number of benzene rings is 4. The Bertz CT molecular complexity index is 2860. The van der Waals surface area contributed by atoms with Gasteiger partial charge < -0.3 is 25.1 Å². The van der Waals surface area contributed by atoms with Gasteiger partial charge in [0.15, 0.2) is 37.7 Å². The van der Waals surface area contributed by atoms with Crippen LogP contribution in [-0.4, -0.2) is 104 Å². The molecule has 0 radical (unpaired) electrons. The highest BCUT2D eigenvalue weighted by Gasteiger charge is 2.28. The van der Waals surface area contributed by atoms with E-state index < -0.39 is 97.5 Å². The lowest BCUT2D eigenvalue weighted by molar-refractivity contribution is -0.434. The first-order chi connectivity index (χ1) is 29.5. The first-order valence-electron chi connectivity index (χ1n) is 16.4. The summed E-state index contributed by atoms with van der Waals surface area (Å²) in [5.41, 5.74) is 4.44. The molecule has 4 aromatic carbocycles. The highest BCUT2D eigenvalue weighted by molar-refractivity contribution is 7.94. The Kier molecular flexibility index (Phi) is 17.4. The summed E-state index contributed by atoms with van der Waals surface area (Å²) in [7, 11) is -15.3. The van der Waals surface area contributed by atoms with Gasteiger partial charge in [0.25, 0.3) is 10.1 Å². The maximum absolute atomic E-state index is 13.1. The largest absolute Gasteiger partial charge is 0.505 e. The summed E-state index contributed by atoms with van der Waals surface area (Å²) >= 11 is 0.423. The molecule has 0 saturated heterocycles. The monoisotopic (exact) mass is 1010 g/mol. The highest BCUT2D eigenvalue weighted by atomic mass is 32.3. The molecule has 0 unspecified atom stereocenters. The fourth-order valence-corrected chi connectivity index (χ4v) is 9.72. The number of nitrogens with zero attached hydrogens (tertiary/aromatic N) is 4. The molecule has 0 fully saturated rings. The average Bonchev–Trinajstić information content (AvgIpc) is 3.20. The number of sulfone groups is 2. The van der Waals surface area contributed by atoms with Crippen molar-refractivity contribution in [3.63, 3.8) is 0 Å². The molecule has 0 saturated carbocycles. The SMILES string of the molecule is COc1cc(S(=O)(=O)CCOS(=O)(=O)O)c(OC)cc1N=Nc1c(S(=O)(=O)O)cc2cc(SOOO)c(N=Nc3cc(OC)c(S(=O)(=O)CCOSOOO)cc3C)c(O)c2c1N. The number of nitrogen functional groups attached to an aromatic ring is 1. The summed E-state index contributed by atoms with van der Waals surface area (Å²) in [5.74, 6) is -3.22. The van der Waals surface area contributed by atoms with Crippen LogP contribution < -0.4 is 19.9 Å². The molecule has 27 nitrogen and oxygen atoms in total. The Balaban J connectivity index is 1.87. The quantitative estimate of drug-likeness (QED) is 0.0104. The second kappa shape index (κ2) is 21.4. The second-order valence-corrected chi connectivity index (χ2v) is 19.7. The first kappa shape index (κ1) is 51.1. The van der Waals surface area contributed by atoms with Crippen molar-refractivity contribution in [2.75, 3.05) is 51.8 Å². The van der Waals surface area contributed by atoms with Crippen LogP contribution in [0.4, 0.5) is 28.4 Å². The van der Waals surface area contributed by atoms with Crippen molar-refractivity contribution in [2.45, 2.75) is 26.5 Å². The fraction of sp³-hybridized carbons (Fsp3) is 0.267. The molecule has 7 N–H and O–H groups in total. The molecule has 4 aromatic rings. The van der Waals surface area contributed by atoms with Gasteiger partial charge in [-0.15, -0.1) is 29.1 Å². The lowest BCUT2D eigenvalue weighted by atomic mass is 10.1.